The Labute approximate surface area is 132 Å². The molecule has 1 aliphatic heterocycles. The average molecular weight is 302 g/mol. The van der Waals surface area contributed by atoms with Crippen LogP contribution in [0.15, 0.2) is 24.8 Å². The number of rotatable bonds is 4. The number of aromatic amines is 1. The van der Waals surface area contributed by atoms with Crippen LogP contribution in [0.25, 0.3) is 0 Å². The van der Waals surface area contributed by atoms with Gasteiger partial charge in [-0.2, -0.15) is 10.2 Å². The Morgan fingerprint density at radius 2 is 1.64 bits per heavy atom. The number of nitrogens with one attached hydrogen (secondary N) is 1. The van der Waals surface area contributed by atoms with Gasteiger partial charge in [0.1, 0.15) is 0 Å². The maximum Gasteiger partial charge on any atom is 0.0543 e. The van der Waals surface area contributed by atoms with E-state index in [2.05, 4.69) is 56.7 Å². The van der Waals surface area contributed by atoms with Crippen molar-refractivity contribution < 1.29 is 0 Å². The number of piperazine rings is 1. The predicted octanol–water partition coefficient (Wildman–Crippen LogP) is 1.68. The van der Waals surface area contributed by atoms with Crippen molar-refractivity contribution in [1.82, 2.24) is 29.8 Å². The molecule has 0 saturated carbocycles. The second kappa shape index (κ2) is 6.22. The number of H-pyrrole nitrogens is 1. The summed E-state index contributed by atoms with van der Waals surface area (Å²) in [6.07, 6.45) is 8.07. The Hall–Kier alpha value is -1.66. The standard InChI is InChI=1S/C16H26N6/c1-16(2,3)22-13-15(10-19-22)12-21-6-4-20(5-7-21)11-14-8-17-18-9-14/h8-10,13H,4-7,11-12H2,1-3H3,(H,17,18). The molecular formula is C16H26N6. The van der Waals surface area contributed by atoms with Crippen LogP contribution in [0, 0.1) is 0 Å². The van der Waals surface area contributed by atoms with E-state index in [1.54, 1.807) is 0 Å². The molecular weight excluding hydrogens is 276 g/mol. The summed E-state index contributed by atoms with van der Waals surface area (Å²) >= 11 is 0. The van der Waals surface area contributed by atoms with Gasteiger partial charge in [0.2, 0.25) is 0 Å². The Bertz CT molecular complexity index is 572. The lowest BCUT2D eigenvalue weighted by Gasteiger charge is -2.34. The maximum absolute atomic E-state index is 4.49. The number of aromatic nitrogens is 4. The molecule has 3 rings (SSSR count). The third-order valence-corrected chi connectivity index (χ3v) is 4.16. The summed E-state index contributed by atoms with van der Waals surface area (Å²) in [7, 11) is 0. The molecule has 0 radical (unpaired) electrons. The van der Waals surface area contributed by atoms with Gasteiger partial charge in [-0.15, -0.1) is 0 Å². The molecule has 1 N–H and O–H groups in total. The topological polar surface area (TPSA) is 53.0 Å². The lowest BCUT2D eigenvalue weighted by Crippen LogP contribution is -2.45. The van der Waals surface area contributed by atoms with Crippen LogP contribution in [0.1, 0.15) is 31.9 Å². The van der Waals surface area contributed by atoms with Crippen LogP contribution in [0.3, 0.4) is 0 Å². The molecule has 0 unspecified atom stereocenters. The molecule has 6 nitrogen and oxygen atoms in total. The van der Waals surface area contributed by atoms with E-state index in [-0.39, 0.29) is 5.54 Å². The molecule has 0 bridgehead atoms. The smallest absolute Gasteiger partial charge is 0.0543 e. The monoisotopic (exact) mass is 302 g/mol. The van der Waals surface area contributed by atoms with Gasteiger partial charge in [-0.3, -0.25) is 19.6 Å². The largest absolute Gasteiger partial charge is 0.296 e. The summed E-state index contributed by atoms with van der Waals surface area (Å²) in [6, 6.07) is 0. The van der Waals surface area contributed by atoms with Crippen molar-refractivity contribution in [3.63, 3.8) is 0 Å². The van der Waals surface area contributed by atoms with Gasteiger partial charge < -0.3 is 0 Å². The molecule has 1 aliphatic rings. The Kier molecular flexibility index (Phi) is 4.31. The first kappa shape index (κ1) is 15.2. The van der Waals surface area contributed by atoms with Gasteiger partial charge >= 0.3 is 0 Å². The Morgan fingerprint density at radius 1 is 1.00 bits per heavy atom. The van der Waals surface area contributed by atoms with Gasteiger partial charge in [-0.1, -0.05) is 0 Å². The maximum atomic E-state index is 4.49. The molecule has 2 aromatic rings. The van der Waals surface area contributed by atoms with Crippen LogP contribution in [0.5, 0.6) is 0 Å². The molecule has 2 aromatic heterocycles. The van der Waals surface area contributed by atoms with Gasteiger partial charge in [0.25, 0.3) is 0 Å². The van der Waals surface area contributed by atoms with Crippen molar-refractivity contribution in [2.75, 3.05) is 26.2 Å². The van der Waals surface area contributed by atoms with Crippen molar-refractivity contribution in [3.05, 3.63) is 35.9 Å². The normalized spacial score (nSPS) is 18.0. The van der Waals surface area contributed by atoms with E-state index in [4.69, 9.17) is 0 Å². The first-order valence-corrected chi connectivity index (χ1v) is 7.97. The summed E-state index contributed by atoms with van der Waals surface area (Å²) in [4.78, 5) is 5.00. The highest BCUT2D eigenvalue weighted by Crippen LogP contribution is 2.15. The van der Waals surface area contributed by atoms with E-state index < -0.39 is 0 Å². The fourth-order valence-electron chi connectivity index (χ4n) is 2.79. The summed E-state index contributed by atoms with van der Waals surface area (Å²) in [5.41, 5.74) is 2.62. The predicted molar refractivity (Wildman–Crippen MR) is 86.4 cm³/mol. The highest BCUT2D eigenvalue weighted by atomic mass is 15.3. The van der Waals surface area contributed by atoms with E-state index in [0.717, 1.165) is 39.3 Å². The summed E-state index contributed by atoms with van der Waals surface area (Å²) < 4.78 is 2.05. The van der Waals surface area contributed by atoms with Crippen LogP contribution in [-0.2, 0) is 18.6 Å². The van der Waals surface area contributed by atoms with Crippen LogP contribution < -0.4 is 0 Å². The zero-order chi connectivity index (χ0) is 15.6. The van der Waals surface area contributed by atoms with E-state index in [9.17, 15) is 0 Å². The highest BCUT2D eigenvalue weighted by Gasteiger charge is 2.19. The van der Waals surface area contributed by atoms with E-state index in [0.29, 0.717) is 0 Å². The zero-order valence-electron chi connectivity index (χ0n) is 13.8. The van der Waals surface area contributed by atoms with Crippen molar-refractivity contribution in [2.45, 2.75) is 39.4 Å². The SMILES string of the molecule is CC(C)(C)n1cc(CN2CCN(Cc3cn[nH]c3)CC2)cn1. The van der Waals surface area contributed by atoms with Crippen molar-refractivity contribution in [3.8, 4) is 0 Å². The molecule has 22 heavy (non-hydrogen) atoms. The molecule has 1 fully saturated rings. The second-order valence-corrected chi connectivity index (χ2v) is 7.12. The third kappa shape index (κ3) is 3.75. The first-order chi connectivity index (χ1) is 10.5. The highest BCUT2D eigenvalue weighted by molar-refractivity contribution is 5.06. The van der Waals surface area contributed by atoms with Gasteiger partial charge in [0, 0.05) is 62.8 Å². The first-order valence-electron chi connectivity index (χ1n) is 7.97. The van der Waals surface area contributed by atoms with Crippen LogP contribution in [0.4, 0.5) is 0 Å². The zero-order valence-corrected chi connectivity index (χ0v) is 13.8. The Morgan fingerprint density at radius 3 is 2.14 bits per heavy atom. The molecule has 120 valence electrons. The van der Waals surface area contributed by atoms with Gasteiger partial charge in [0.05, 0.1) is 17.9 Å². The number of nitrogens with zero attached hydrogens (tertiary/aromatic N) is 5. The number of hydrogen-bond donors (Lipinski definition) is 1. The Balaban J connectivity index is 1.48. The van der Waals surface area contributed by atoms with Crippen LogP contribution in [0.2, 0.25) is 0 Å². The van der Waals surface area contributed by atoms with Crippen LogP contribution in [-0.4, -0.2) is 56.0 Å². The molecule has 0 amide bonds. The number of hydrogen-bond acceptors (Lipinski definition) is 4. The average Bonchev–Trinajstić information content (AvgIpc) is 3.12. The minimum Gasteiger partial charge on any atom is -0.296 e. The molecule has 6 heteroatoms. The minimum atomic E-state index is 0.0571. The fourth-order valence-corrected chi connectivity index (χ4v) is 2.79. The molecule has 1 saturated heterocycles. The fraction of sp³-hybridized carbons (Fsp3) is 0.625. The quantitative estimate of drug-likeness (QED) is 0.933. The summed E-state index contributed by atoms with van der Waals surface area (Å²) in [5.74, 6) is 0. The van der Waals surface area contributed by atoms with Crippen molar-refractivity contribution >= 4 is 0 Å². The van der Waals surface area contributed by atoms with E-state index in [1.165, 1.54) is 11.1 Å². The lowest BCUT2D eigenvalue weighted by atomic mass is 10.1. The molecule has 0 atom stereocenters. The van der Waals surface area contributed by atoms with Crippen molar-refractivity contribution in [2.24, 2.45) is 0 Å². The van der Waals surface area contributed by atoms with Gasteiger partial charge in [-0.25, -0.2) is 0 Å². The summed E-state index contributed by atoms with van der Waals surface area (Å²) in [6.45, 7) is 13.0. The van der Waals surface area contributed by atoms with Crippen molar-refractivity contribution in [1.29, 1.82) is 0 Å². The van der Waals surface area contributed by atoms with Gasteiger partial charge in [-0.05, 0) is 20.8 Å². The molecule has 3 heterocycles. The second-order valence-electron chi connectivity index (χ2n) is 7.12. The van der Waals surface area contributed by atoms with E-state index >= 15 is 0 Å². The van der Waals surface area contributed by atoms with E-state index in [1.807, 2.05) is 18.6 Å². The molecule has 0 aromatic carbocycles. The molecule has 0 aliphatic carbocycles. The van der Waals surface area contributed by atoms with Gasteiger partial charge in [0.15, 0.2) is 0 Å². The minimum absolute atomic E-state index is 0.0571. The third-order valence-electron chi connectivity index (χ3n) is 4.16. The molecule has 0 spiro atoms. The summed E-state index contributed by atoms with van der Waals surface area (Å²) in [5, 5.41) is 11.4. The lowest BCUT2D eigenvalue weighted by molar-refractivity contribution is 0.122. The van der Waals surface area contributed by atoms with Crippen LogP contribution >= 0.6 is 0 Å².